The number of piperazine rings is 1. The molecule has 1 aromatic heterocycles. The van der Waals surface area contributed by atoms with Crippen LogP contribution >= 0.6 is 34.5 Å². The maximum absolute atomic E-state index is 13.0. The first-order chi connectivity index (χ1) is 15.0. The molecule has 1 N–H and O–H groups in total. The van der Waals surface area contributed by atoms with Crippen molar-refractivity contribution in [1.29, 1.82) is 0 Å². The lowest BCUT2D eigenvalue weighted by atomic mass is 10.2. The summed E-state index contributed by atoms with van der Waals surface area (Å²) >= 11 is 13.6. The lowest BCUT2D eigenvalue weighted by molar-refractivity contribution is -0.117. The van der Waals surface area contributed by atoms with Crippen LogP contribution in [0.15, 0.2) is 47.8 Å². The van der Waals surface area contributed by atoms with E-state index in [0.29, 0.717) is 27.4 Å². The van der Waals surface area contributed by atoms with Gasteiger partial charge in [0.1, 0.15) is 5.82 Å². The van der Waals surface area contributed by atoms with Gasteiger partial charge in [0.2, 0.25) is 5.91 Å². The second-order valence-electron chi connectivity index (χ2n) is 7.39. The minimum Gasteiger partial charge on any atom is -0.301 e. The molecule has 0 radical (unpaired) electrons. The number of amides is 1. The summed E-state index contributed by atoms with van der Waals surface area (Å²) in [7, 11) is 0. The average Bonchev–Trinajstić information content (AvgIpc) is 3.19. The SMILES string of the molecule is O=C(CN1CCN(Cc2ccc(F)cc2)CC1)Nc1nc(-c2ccc(Cl)cc2Cl)cs1. The van der Waals surface area contributed by atoms with Gasteiger partial charge in [0.15, 0.2) is 5.13 Å². The number of nitrogens with one attached hydrogen (secondary N) is 1. The highest BCUT2D eigenvalue weighted by Crippen LogP contribution is 2.32. The Bertz CT molecular complexity index is 1050. The van der Waals surface area contributed by atoms with Gasteiger partial charge in [-0.15, -0.1) is 11.3 Å². The molecule has 0 saturated carbocycles. The van der Waals surface area contributed by atoms with E-state index in [2.05, 4.69) is 20.1 Å². The van der Waals surface area contributed by atoms with E-state index in [9.17, 15) is 9.18 Å². The van der Waals surface area contributed by atoms with E-state index in [1.165, 1.54) is 23.5 Å². The van der Waals surface area contributed by atoms with Crippen LogP contribution in [0.2, 0.25) is 10.0 Å². The molecule has 0 unspecified atom stereocenters. The minimum absolute atomic E-state index is 0.0879. The standard InChI is InChI=1S/C22H21Cl2FN4OS/c23-16-3-6-18(19(24)11-16)20-14-31-22(26-20)27-21(30)13-29-9-7-28(8-10-29)12-15-1-4-17(25)5-2-15/h1-6,11,14H,7-10,12-13H2,(H,26,27,30). The van der Waals surface area contributed by atoms with Crippen molar-refractivity contribution in [2.24, 2.45) is 0 Å². The topological polar surface area (TPSA) is 48.5 Å². The fourth-order valence-electron chi connectivity index (χ4n) is 3.47. The molecule has 31 heavy (non-hydrogen) atoms. The minimum atomic E-state index is -0.219. The largest absolute Gasteiger partial charge is 0.301 e. The molecule has 1 aliphatic heterocycles. The summed E-state index contributed by atoms with van der Waals surface area (Å²) < 4.78 is 13.0. The van der Waals surface area contributed by atoms with E-state index in [0.717, 1.165) is 43.9 Å². The summed E-state index contributed by atoms with van der Waals surface area (Å²) in [6.45, 7) is 4.44. The van der Waals surface area contributed by atoms with E-state index in [-0.39, 0.29) is 11.7 Å². The first-order valence-corrected chi connectivity index (χ1v) is 11.5. The zero-order valence-electron chi connectivity index (χ0n) is 16.7. The van der Waals surface area contributed by atoms with Gasteiger partial charge in [0.05, 0.1) is 17.3 Å². The number of carbonyl (C=O) groups is 1. The fraction of sp³-hybridized carbons (Fsp3) is 0.273. The molecule has 4 rings (SSSR count). The third kappa shape index (κ3) is 6.02. The molecular formula is C22H21Cl2FN4OS. The van der Waals surface area contributed by atoms with Gasteiger partial charge in [0, 0.05) is 48.7 Å². The fourth-order valence-corrected chi connectivity index (χ4v) is 4.70. The number of hydrogen-bond acceptors (Lipinski definition) is 5. The van der Waals surface area contributed by atoms with Crippen molar-refractivity contribution < 1.29 is 9.18 Å². The lowest BCUT2D eigenvalue weighted by Gasteiger charge is -2.34. The Hall–Kier alpha value is -2.03. The quantitative estimate of drug-likeness (QED) is 0.540. The van der Waals surface area contributed by atoms with Crippen molar-refractivity contribution >= 4 is 45.6 Å². The molecule has 0 atom stereocenters. The first kappa shape index (κ1) is 22.2. The number of rotatable bonds is 6. The maximum Gasteiger partial charge on any atom is 0.240 e. The molecule has 1 amide bonds. The normalized spacial score (nSPS) is 15.2. The van der Waals surface area contributed by atoms with Gasteiger partial charge in [-0.3, -0.25) is 14.6 Å². The van der Waals surface area contributed by atoms with Crippen LogP contribution in [-0.4, -0.2) is 53.4 Å². The Morgan fingerprint density at radius 1 is 1.06 bits per heavy atom. The summed E-state index contributed by atoms with van der Waals surface area (Å²) in [6, 6.07) is 11.9. The monoisotopic (exact) mass is 478 g/mol. The highest BCUT2D eigenvalue weighted by atomic mass is 35.5. The molecule has 162 valence electrons. The number of halogens is 3. The first-order valence-electron chi connectivity index (χ1n) is 9.86. The van der Waals surface area contributed by atoms with Crippen LogP contribution in [0, 0.1) is 5.82 Å². The van der Waals surface area contributed by atoms with Gasteiger partial charge in [-0.1, -0.05) is 35.3 Å². The molecule has 1 aliphatic rings. The van der Waals surface area contributed by atoms with Crippen molar-refractivity contribution in [3.05, 3.63) is 69.3 Å². The third-order valence-electron chi connectivity index (χ3n) is 5.11. The molecule has 1 fully saturated rings. The van der Waals surface area contributed by atoms with Gasteiger partial charge >= 0.3 is 0 Å². The average molecular weight is 479 g/mol. The molecule has 2 aromatic carbocycles. The summed E-state index contributed by atoms with van der Waals surface area (Å²) in [6.07, 6.45) is 0. The molecule has 9 heteroatoms. The third-order valence-corrected chi connectivity index (χ3v) is 6.41. The van der Waals surface area contributed by atoms with Crippen molar-refractivity contribution in [2.75, 3.05) is 38.0 Å². The van der Waals surface area contributed by atoms with Crippen molar-refractivity contribution in [2.45, 2.75) is 6.54 Å². The Balaban J connectivity index is 1.25. The Morgan fingerprint density at radius 3 is 2.48 bits per heavy atom. The Kier molecular flexibility index (Phi) is 7.20. The predicted octanol–water partition coefficient (Wildman–Crippen LogP) is 5.01. The van der Waals surface area contributed by atoms with Crippen LogP contribution in [0.3, 0.4) is 0 Å². The summed E-state index contributed by atoms with van der Waals surface area (Å²) in [5.74, 6) is -0.307. The van der Waals surface area contributed by atoms with Crippen LogP contribution in [0.5, 0.6) is 0 Å². The van der Waals surface area contributed by atoms with Crippen LogP contribution in [-0.2, 0) is 11.3 Å². The molecule has 5 nitrogen and oxygen atoms in total. The smallest absolute Gasteiger partial charge is 0.240 e. The number of thiazole rings is 1. The summed E-state index contributed by atoms with van der Waals surface area (Å²) in [5, 5.41) is 6.37. The molecule has 1 saturated heterocycles. The Labute approximate surface area is 194 Å². The van der Waals surface area contributed by atoms with E-state index >= 15 is 0 Å². The molecule has 3 aromatic rings. The molecule has 2 heterocycles. The zero-order valence-corrected chi connectivity index (χ0v) is 19.0. The zero-order chi connectivity index (χ0) is 21.8. The Morgan fingerprint density at radius 2 is 1.77 bits per heavy atom. The molecular weight excluding hydrogens is 458 g/mol. The van der Waals surface area contributed by atoms with E-state index in [1.54, 1.807) is 12.1 Å². The number of benzene rings is 2. The van der Waals surface area contributed by atoms with Gasteiger partial charge in [-0.05, 0) is 35.9 Å². The number of nitrogens with zero attached hydrogens (tertiary/aromatic N) is 3. The summed E-state index contributed by atoms with van der Waals surface area (Å²) in [5.41, 5.74) is 2.57. The second-order valence-corrected chi connectivity index (χ2v) is 9.09. The maximum atomic E-state index is 13.0. The highest BCUT2D eigenvalue weighted by Gasteiger charge is 2.20. The van der Waals surface area contributed by atoms with Gasteiger partial charge in [-0.2, -0.15) is 0 Å². The molecule has 0 spiro atoms. The molecule has 0 aliphatic carbocycles. The predicted molar refractivity (Wildman–Crippen MR) is 124 cm³/mol. The van der Waals surface area contributed by atoms with E-state index < -0.39 is 0 Å². The summed E-state index contributed by atoms with van der Waals surface area (Å²) in [4.78, 5) is 21.4. The van der Waals surface area contributed by atoms with Crippen LogP contribution in [0.25, 0.3) is 11.3 Å². The molecule has 0 bridgehead atoms. The lowest BCUT2D eigenvalue weighted by Crippen LogP contribution is -2.48. The number of hydrogen-bond donors (Lipinski definition) is 1. The van der Waals surface area contributed by atoms with Crippen molar-refractivity contribution in [3.63, 3.8) is 0 Å². The number of anilines is 1. The van der Waals surface area contributed by atoms with Gasteiger partial charge in [0.25, 0.3) is 0 Å². The van der Waals surface area contributed by atoms with E-state index in [1.807, 2.05) is 23.6 Å². The van der Waals surface area contributed by atoms with Crippen LogP contribution in [0.1, 0.15) is 5.56 Å². The second kappa shape index (κ2) is 10.1. The van der Waals surface area contributed by atoms with Gasteiger partial charge in [-0.25, -0.2) is 9.37 Å². The van der Waals surface area contributed by atoms with Gasteiger partial charge < -0.3 is 5.32 Å². The van der Waals surface area contributed by atoms with Crippen molar-refractivity contribution in [3.8, 4) is 11.3 Å². The van der Waals surface area contributed by atoms with Crippen LogP contribution in [0.4, 0.5) is 9.52 Å². The highest BCUT2D eigenvalue weighted by molar-refractivity contribution is 7.14. The number of aromatic nitrogens is 1. The van der Waals surface area contributed by atoms with E-state index in [4.69, 9.17) is 23.2 Å². The van der Waals surface area contributed by atoms with Crippen LogP contribution < -0.4 is 5.32 Å². The number of carbonyl (C=O) groups excluding carboxylic acids is 1. The van der Waals surface area contributed by atoms with Crippen molar-refractivity contribution in [1.82, 2.24) is 14.8 Å².